The van der Waals surface area contributed by atoms with Crippen LogP contribution in [0, 0.1) is 6.92 Å². The summed E-state index contributed by atoms with van der Waals surface area (Å²) in [5.41, 5.74) is 5.50. The van der Waals surface area contributed by atoms with Crippen molar-refractivity contribution in [1.29, 1.82) is 0 Å². The molecule has 0 amide bonds. The molecule has 0 aliphatic heterocycles. The number of carboxylic acid groups (broad SMARTS) is 1. The lowest BCUT2D eigenvalue weighted by Crippen LogP contribution is -2.19. The molecule has 1 aromatic heterocycles. The number of aryl methyl sites for hydroxylation is 1. The highest BCUT2D eigenvalue weighted by Crippen LogP contribution is 2.29. The van der Waals surface area contributed by atoms with Crippen LogP contribution in [0.15, 0.2) is 72.8 Å². The van der Waals surface area contributed by atoms with Crippen molar-refractivity contribution in [2.45, 2.75) is 26.4 Å². The maximum Gasteiger partial charge on any atom is 0.352 e. The first-order valence-corrected chi connectivity index (χ1v) is 10.8. The van der Waals surface area contributed by atoms with Gasteiger partial charge in [0.25, 0.3) is 0 Å². The molecule has 0 unspecified atom stereocenters. The molecule has 5 heteroatoms. The van der Waals surface area contributed by atoms with Gasteiger partial charge in [0, 0.05) is 29.6 Å². The van der Waals surface area contributed by atoms with E-state index in [4.69, 9.17) is 4.74 Å². The lowest BCUT2D eigenvalue weighted by atomic mass is 10.1. The van der Waals surface area contributed by atoms with E-state index >= 15 is 0 Å². The lowest BCUT2D eigenvalue weighted by Gasteiger charge is -2.11. The van der Waals surface area contributed by atoms with Crippen molar-refractivity contribution < 1.29 is 14.6 Å². The molecule has 0 aliphatic rings. The van der Waals surface area contributed by atoms with E-state index in [-0.39, 0.29) is 0 Å². The van der Waals surface area contributed by atoms with E-state index in [1.807, 2.05) is 66.1 Å². The highest BCUT2D eigenvalue weighted by molar-refractivity contribution is 5.98. The molecule has 164 valence electrons. The molecule has 4 aromatic rings. The van der Waals surface area contributed by atoms with Crippen LogP contribution in [0.5, 0.6) is 5.75 Å². The van der Waals surface area contributed by atoms with Gasteiger partial charge in [0.2, 0.25) is 0 Å². The van der Waals surface area contributed by atoms with Crippen LogP contribution in [-0.4, -0.2) is 29.3 Å². The van der Waals surface area contributed by atoms with Crippen molar-refractivity contribution in [2.24, 2.45) is 0 Å². The molecule has 3 aromatic carbocycles. The topological polar surface area (TPSA) is 63.5 Å². The molecule has 0 saturated heterocycles. The molecule has 4 rings (SSSR count). The first kappa shape index (κ1) is 21.7. The van der Waals surface area contributed by atoms with Crippen LogP contribution in [-0.2, 0) is 19.5 Å². The van der Waals surface area contributed by atoms with E-state index in [0.717, 1.165) is 46.3 Å². The number of aromatic carboxylic acids is 1. The molecule has 0 bridgehead atoms. The predicted molar refractivity (Wildman–Crippen MR) is 128 cm³/mol. The van der Waals surface area contributed by atoms with E-state index in [1.54, 1.807) is 7.11 Å². The van der Waals surface area contributed by atoms with Gasteiger partial charge in [0.05, 0.1) is 7.11 Å². The molecule has 32 heavy (non-hydrogen) atoms. The van der Waals surface area contributed by atoms with E-state index in [2.05, 4.69) is 23.5 Å². The summed E-state index contributed by atoms with van der Waals surface area (Å²) in [5, 5.41) is 14.6. The molecule has 0 spiro atoms. The summed E-state index contributed by atoms with van der Waals surface area (Å²) in [4.78, 5) is 12.4. The lowest BCUT2D eigenvalue weighted by molar-refractivity contribution is 0.0684. The number of fused-ring (bicyclic) bond motifs is 1. The zero-order valence-corrected chi connectivity index (χ0v) is 18.5. The van der Waals surface area contributed by atoms with Gasteiger partial charge >= 0.3 is 5.97 Å². The van der Waals surface area contributed by atoms with Gasteiger partial charge in [-0.15, -0.1) is 0 Å². The Kier molecular flexibility index (Phi) is 6.57. The fourth-order valence-corrected chi connectivity index (χ4v) is 4.12. The zero-order chi connectivity index (χ0) is 22.5. The number of carboxylic acids is 1. The third-order valence-corrected chi connectivity index (χ3v) is 5.76. The van der Waals surface area contributed by atoms with Crippen LogP contribution in [0.4, 0.5) is 0 Å². The van der Waals surface area contributed by atoms with Gasteiger partial charge in [-0.2, -0.15) is 0 Å². The second kappa shape index (κ2) is 9.71. The Morgan fingerprint density at radius 1 is 1.00 bits per heavy atom. The summed E-state index contributed by atoms with van der Waals surface area (Å²) in [6, 6.07) is 24.2. The first-order chi connectivity index (χ1) is 15.6. The first-order valence-electron chi connectivity index (χ1n) is 10.8. The van der Waals surface area contributed by atoms with Crippen LogP contribution in [0.3, 0.4) is 0 Å². The Bertz CT molecular complexity index is 1210. The Morgan fingerprint density at radius 3 is 2.44 bits per heavy atom. The van der Waals surface area contributed by atoms with E-state index < -0.39 is 5.97 Å². The molecule has 5 nitrogen and oxygen atoms in total. The number of aromatic nitrogens is 1. The van der Waals surface area contributed by atoms with Crippen molar-refractivity contribution in [2.75, 3.05) is 13.7 Å². The van der Waals surface area contributed by atoms with Crippen LogP contribution >= 0.6 is 0 Å². The maximum atomic E-state index is 12.4. The maximum absolute atomic E-state index is 12.4. The molecular weight excluding hydrogens is 400 g/mol. The third kappa shape index (κ3) is 4.68. The molecule has 0 fully saturated rings. The predicted octanol–water partition coefficient (Wildman–Crippen LogP) is 5.04. The number of hydrogen-bond donors (Lipinski definition) is 2. The largest absolute Gasteiger partial charge is 0.497 e. The molecule has 1 heterocycles. The van der Waals surface area contributed by atoms with Gasteiger partial charge in [-0.3, -0.25) is 0 Å². The zero-order valence-electron chi connectivity index (χ0n) is 18.5. The Balaban J connectivity index is 1.65. The molecule has 2 N–H and O–H groups in total. The van der Waals surface area contributed by atoms with Gasteiger partial charge in [-0.05, 0) is 54.8 Å². The van der Waals surface area contributed by atoms with Gasteiger partial charge in [0.15, 0.2) is 0 Å². The van der Waals surface area contributed by atoms with E-state index in [1.165, 1.54) is 5.56 Å². The van der Waals surface area contributed by atoms with Crippen molar-refractivity contribution in [3.63, 3.8) is 0 Å². The fourth-order valence-electron chi connectivity index (χ4n) is 4.12. The number of ether oxygens (including phenoxy) is 1. The smallest absolute Gasteiger partial charge is 0.352 e. The summed E-state index contributed by atoms with van der Waals surface area (Å²) >= 11 is 0. The summed E-state index contributed by atoms with van der Waals surface area (Å²) in [6.07, 6.45) is 0.896. The number of nitrogens with one attached hydrogen (secondary N) is 1. The number of carbonyl (C=O) groups is 1. The highest BCUT2D eigenvalue weighted by atomic mass is 16.5. The van der Waals surface area contributed by atoms with Crippen LogP contribution in [0.2, 0.25) is 0 Å². The third-order valence-electron chi connectivity index (χ3n) is 5.76. The van der Waals surface area contributed by atoms with Crippen LogP contribution < -0.4 is 10.1 Å². The number of methoxy groups -OCH3 is 1. The Morgan fingerprint density at radius 2 is 1.75 bits per heavy atom. The molecular formula is C27H28N2O3. The van der Waals surface area contributed by atoms with Crippen LogP contribution in [0.1, 0.15) is 32.7 Å². The minimum atomic E-state index is -0.910. The Hall–Kier alpha value is -3.57. The van der Waals surface area contributed by atoms with Crippen molar-refractivity contribution in [3.8, 4) is 5.75 Å². The Labute approximate surface area is 188 Å². The van der Waals surface area contributed by atoms with Gasteiger partial charge in [-0.1, -0.05) is 54.6 Å². The van der Waals surface area contributed by atoms with Gasteiger partial charge in [-0.25, -0.2) is 4.79 Å². The average Bonchev–Trinajstić information content (AvgIpc) is 3.10. The summed E-state index contributed by atoms with van der Waals surface area (Å²) in [7, 11) is 1.64. The minimum absolute atomic E-state index is 0.341. The summed E-state index contributed by atoms with van der Waals surface area (Å²) in [6.45, 7) is 3.79. The average molecular weight is 429 g/mol. The molecule has 0 aliphatic carbocycles. The molecule has 0 atom stereocenters. The second-order valence-electron chi connectivity index (χ2n) is 8.00. The van der Waals surface area contributed by atoms with E-state index in [0.29, 0.717) is 18.8 Å². The number of nitrogens with zero attached hydrogens (tertiary/aromatic N) is 1. The number of benzene rings is 3. The SMILES string of the molecule is COc1ccc(Cn2c(C(=O)O)c(CNCCc3ccccc3)c3ccc(C)cc32)cc1. The summed E-state index contributed by atoms with van der Waals surface area (Å²) in [5.74, 6) is -0.129. The van der Waals surface area contributed by atoms with Crippen LogP contribution in [0.25, 0.3) is 10.9 Å². The fraction of sp³-hybridized carbons (Fsp3) is 0.222. The van der Waals surface area contributed by atoms with Crippen molar-refractivity contribution in [3.05, 3.63) is 101 Å². The number of hydrogen-bond acceptors (Lipinski definition) is 3. The standard InChI is InChI=1S/C27H28N2O3/c1-19-8-13-23-24(17-28-15-14-20-6-4-3-5-7-20)26(27(30)31)29(25(23)16-19)18-21-9-11-22(32-2)12-10-21/h3-13,16,28H,14-15,17-18H2,1-2H3,(H,30,31). The number of rotatable bonds is 9. The molecule has 0 radical (unpaired) electrons. The molecule has 0 saturated carbocycles. The summed E-state index contributed by atoms with van der Waals surface area (Å²) < 4.78 is 7.17. The van der Waals surface area contributed by atoms with E-state index in [9.17, 15) is 9.90 Å². The highest BCUT2D eigenvalue weighted by Gasteiger charge is 2.22. The van der Waals surface area contributed by atoms with Gasteiger partial charge in [0.1, 0.15) is 11.4 Å². The van der Waals surface area contributed by atoms with Crippen molar-refractivity contribution in [1.82, 2.24) is 9.88 Å². The minimum Gasteiger partial charge on any atom is -0.497 e. The second-order valence-corrected chi connectivity index (χ2v) is 8.00. The normalized spacial score (nSPS) is 11.1. The monoisotopic (exact) mass is 428 g/mol. The quantitative estimate of drug-likeness (QED) is 0.367. The van der Waals surface area contributed by atoms with Crippen molar-refractivity contribution >= 4 is 16.9 Å². The van der Waals surface area contributed by atoms with Gasteiger partial charge < -0.3 is 19.7 Å².